The molecular weight excluding hydrogens is 241 g/mol. The van der Waals surface area contributed by atoms with Gasteiger partial charge in [-0.2, -0.15) is 0 Å². The van der Waals surface area contributed by atoms with Gasteiger partial charge in [0.2, 0.25) is 0 Å². The van der Waals surface area contributed by atoms with Crippen LogP contribution in [0.4, 0.5) is 18.9 Å². The van der Waals surface area contributed by atoms with Crippen LogP contribution in [-0.2, 0) is 0 Å². The summed E-state index contributed by atoms with van der Waals surface area (Å²) >= 11 is 0. The summed E-state index contributed by atoms with van der Waals surface area (Å²) in [6.07, 6.45) is 0. The first-order valence-corrected chi connectivity index (χ1v) is 5.61. The highest BCUT2D eigenvalue weighted by Gasteiger charge is 2.18. The molecule has 96 valence electrons. The Morgan fingerprint density at radius 3 is 2.33 bits per heavy atom. The Morgan fingerprint density at radius 2 is 1.78 bits per heavy atom. The average Bonchev–Trinajstić information content (AvgIpc) is 2.34. The Bertz CT molecular complexity index is 609. The van der Waals surface area contributed by atoms with E-state index >= 15 is 0 Å². The predicted octanol–water partition coefficient (Wildman–Crippen LogP) is 3.82. The van der Waals surface area contributed by atoms with Crippen molar-refractivity contribution in [2.75, 3.05) is 12.4 Å². The third kappa shape index (κ3) is 1.89. The molecule has 0 bridgehead atoms. The number of halogens is 3. The molecular formula is C13H13F3N2. The number of pyridine rings is 1. The molecule has 0 radical (unpaired) electrons. The van der Waals surface area contributed by atoms with Crippen molar-refractivity contribution < 1.29 is 13.2 Å². The molecule has 0 fully saturated rings. The van der Waals surface area contributed by atoms with Crippen molar-refractivity contribution >= 4 is 16.6 Å². The molecule has 1 aromatic carbocycles. The van der Waals surface area contributed by atoms with Crippen molar-refractivity contribution in [3.05, 3.63) is 35.3 Å². The predicted molar refractivity (Wildman–Crippen MR) is 65.3 cm³/mol. The second-order valence-corrected chi connectivity index (χ2v) is 4.38. The van der Waals surface area contributed by atoms with Crippen molar-refractivity contribution in [3.63, 3.8) is 0 Å². The van der Waals surface area contributed by atoms with E-state index in [4.69, 9.17) is 0 Å². The lowest BCUT2D eigenvalue weighted by Crippen LogP contribution is -2.02. The smallest absolute Gasteiger partial charge is 0.170 e. The third-order valence-corrected chi connectivity index (χ3v) is 2.81. The monoisotopic (exact) mass is 254 g/mol. The second kappa shape index (κ2) is 4.48. The zero-order valence-corrected chi connectivity index (χ0v) is 10.3. The van der Waals surface area contributed by atoms with Gasteiger partial charge in [-0.25, -0.2) is 18.2 Å². The molecule has 1 N–H and O–H groups in total. The molecule has 1 heterocycles. The number of hydrogen-bond donors (Lipinski definition) is 1. The molecule has 0 saturated heterocycles. The average molecular weight is 254 g/mol. The van der Waals surface area contributed by atoms with Gasteiger partial charge in [0.25, 0.3) is 0 Å². The molecule has 5 heteroatoms. The lowest BCUT2D eigenvalue weighted by atomic mass is 10.1. The van der Waals surface area contributed by atoms with Crippen LogP contribution in [0.25, 0.3) is 10.9 Å². The summed E-state index contributed by atoms with van der Waals surface area (Å²) in [6, 6.07) is 2.13. The molecule has 0 aliphatic heterocycles. The SMILES string of the molecule is CNc1cc(C(C)C)nc2c(F)cc(F)c(F)c12. The lowest BCUT2D eigenvalue weighted by molar-refractivity contribution is 0.505. The third-order valence-electron chi connectivity index (χ3n) is 2.81. The summed E-state index contributed by atoms with van der Waals surface area (Å²) in [5.74, 6) is -3.09. The van der Waals surface area contributed by atoms with Crippen LogP contribution in [0, 0.1) is 17.5 Å². The van der Waals surface area contributed by atoms with Gasteiger partial charge in [-0.15, -0.1) is 0 Å². The number of fused-ring (bicyclic) bond motifs is 1. The van der Waals surface area contributed by atoms with E-state index in [1.807, 2.05) is 13.8 Å². The van der Waals surface area contributed by atoms with Crippen LogP contribution in [0.1, 0.15) is 25.5 Å². The quantitative estimate of drug-likeness (QED) is 0.824. The number of benzene rings is 1. The van der Waals surface area contributed by atoms with Gasteiger partial charge in [0.15, 0.2) is 17.5 Å². The highest BCUT2D eigenvalue weighted by atomic mass is 19.2. The van der Waals surface area contributed by atoms with E-state index < -0.39 is 17.5 Å². The molecule has 2 aromatic rings. The van der Waals surface area contributed by atoms with Crippen molar-refractivity contribution in [2.24, 2.45) is 0 Å². The normalized spacial score (nSPS) is 11.3. The number of aromatic nitrogens is 1. The van der Waals surface area contributed by atoms with E-state index in [1.165, 1.54) is 0 Å². The van der Waals surface area contributed by atoms with Crippen LogP contribution in [0.2, 0.25) is 0 Å². The molecule has 18 heavy (non-hydrogen) atoms. The molecule has 2 rings (SSSR count). The van der Waals surface area contributed by atoms with E-state index in [9.17, 15) is 13.2 Å². The number of hydrogen-bond acceptors (Lipinski definition) is 2. The number of nitrogens with zero attached hydrogens (tertiary/aromatic N) is 1. The van der Waals surface area contributed by atoms with E-state index in [-0.39, 0.29) is 16.8 Å². The second-order valence-electron chi connectivity index (χ2n) is 4.38. The standard InChI is InChI=1S/C13H13F3N2/c1-6(2)9-5-10(17-3)11-12(16)7(14)4-8(15)13(11)18-9/h4-6H,1-3H3,(H,17,18). The Morgan fingerprint density at radius 1 is 1.11 bits per heavy atom. The van der Waals surface area contributed by atoms with Crippen LogP contribution in [0.3, 0.4) is 0 Å². The van der Waals surface area contributed by atoms with Crippen LogP contribution in [-0.4, -0.2) is 12.0 Å². The van der Waals surface area contributed by atoms with E-state index in [0.29, 0.717) is 17.4 Å². The molecule has 0 atom stereocenters. The van der Waals surface area contributed by atoms with Gasteiger partial charge in [-0.1, -0.05) is 13.8 Å². The van der Waals surface area contributed by atoms with Gasteiger partial charge in [-0.05, 0) is 12.0 Å². The lowest BCUT2D eigenvalue weighted by Gasteiger charge is -2.12. The van der Waals surface area contributed by atoms with Crippen LogP contribution >= 0.6 is 0 Å². The Labute approximate surface area is 103 Å². The highest BCUT2D eigenvalue weighted by Crippen LogP contribution is 2.31. The van der Waals surface area contributed by atoms with Gasteiger partial charge in [-0.3, -0.25) is 0 Å². The number of anilines is 1. The largest absolute Gasteiger partial charge is 0.387 e. The summed E-state index contributed by atoms with van der Waals surface area (Å²) in [5, 5.41) is 2.59. The van der Waals surface area contributed by atoms with Gasteiger partial charge in [0.1, 0.15) is 5.52 Å². The highest BCUT2D eigenvalue weighted by molar-refractivity contribution is 5.92. The van der Waals surface area contributed by atoms with Crippen LogP contribution < -0.4 is 5.32 Å². The Hall–Kier alpha value is -1.78. The first kappa shape index (κ1) is 12.7. The van der Waals surface area contributed by atoms with Gasteiger partial charge < -0.3 is 5.32 Å². The molecule has 0 aliphatic rings. The first-order chi connectivity index (χ1) is 8.45. The van der Waals surface area contributed by atoms with Gasteiger partial charge >= 0.3 is 0 Å². The minimum absolute atomic E-state index is 0.0639. The fourth-order valence-electron chi connectivity index (χ4n) is 1.82. The Kier molecular flexibility index (Phi) is 3.15. The Balaban J connectivity index is 2.91. The maximum atomic E-state index is 13.7. The summed E-state index contributed by atoms with van der Waals surface area (Å²) in [5.41, 5.74) is 0.806. The fourth-order valence-corrected chi connectivity index (χ4v) is 1.82. The minimum atomic E-state index is -1.21. The van der Waals surface area contributed by atoms with Crippen LogP contribution in [0.5, 0.6) is 0 Å². The summed E-state index contributed by atoms with van der Waals surface area (Å²) < 4.78 is 40.6. The van der Waals surface area contributed by atoms with Gasteiger partial charge in [0.05, 0.1) is 5.39 Å². The molecule has 0 aliphatic carbocycles. The van der Waals surface area contributed by atoms with Crippen molar-refractivity contribution in [3.8, 4) is 0 Å². The van der Waals surface area contributed by atoms with Gasteiger partial charge in [0, 0.05) is 24.5 Å². The van der Waals surface area contributed by atoms with Crippen molar-refractivity contribution in [1.29, 1.82) is 0 Å². The first-order valence-electron chi connectivity index (χ1n) is 5.61. The summed E-state index contributed by atoms with van der Waals surface area (Å²) in [6.45, 7) is 3.79. The molecule has 2 nitrogen and oxygen atoms in total. The van der Waals surface area contributed by atoms with E-state index in [2.05, 4.69) is 10.3 Å². The topological polar surface area (TPSA) is 24.9 Å². The van der Waals surface area contributed by atoms with Crippen LogP contribution in [0.15, 0.2) is 12.1 Å². The summed E-state index contributed by atoms with van der Waals surface area (Å²) in [7, 11) is 1.57. The van der Waals surface area contributed by atoms with Crippen molar-refractivity contribution in [2.45, 2.75) is 19.8 Å². The van der Waals surface area contributed by atoms with Crippen molar-refractivity contribution in [1.82, 2.24) is 4.98 Å². The van der Waals surface area contributed by atoms with E-state index in [1.54, 1.807) is 13.1 Å². The molecule has 1 aromatic heterocycles. The number of nitrogens with one attached hydrogen (secondary N) is 1. The summed E-state index contributed by atoms with van der Waals surface area (Å²) in [4.78, 5) is 4.06. The maximum absolute atomic E-state index is 13.7. The minimum Gasteiger partial charge on any atom is -0.387 e. The molecule has 0 spiro atoms. The molecule has 0 saturated carbocycles. The number of rotatable bonds is 2. The van der Waals surface area contributed by atoms with E-state index in [0.717, 1.165) is 0 Å². The zero-order chi connectivity index (χ0) is 13.4. The zero-order valence-electron chi connectivity index (χ0n) is 10.3. The molecule has 0 unspecified atom stereocenters. The fraction of sp³-hybridized carbons (Fsp3) is 0.308. The maximum Gasteiger partial charge on any atom is 0.170 e. The molecule has 0 amide bonds.